The van der Waals surface area contributed by atoms with E-state index in [0.717, 1.165) is 16.9 Å². The molecule has 36 heavy (non-hydrogen) atoms. The lowest BCUT2D eigenvalue weighted by Crippen LogP contribution is -2.30. The highest BCUT2D eigenvalue weighted by Gasteiger charge is 2.27. The van der Waals surface area contributed by atoms with Gasteiger partial charge in [-0.2, -0.15) is 5.10 Å². The number of nitrogens with zero attached hydrogens (tertiary/aromatic N) is 4. The third-order valence-electron chi connectivity index (χ3n) is 7.17. The summed E-state index contributed by atoms with van der Waals surface area (Å²) >= 11 is 0. The molecule has 1 N–H and O–H groups in total. The molecule has 0 atom stereocenters. The largest absolute Gasteiger partial charge is 0.367 e. The molecule has 3 aromatic rings. The van der Waals surface area contributed by atoms with E-state index >= 15 is 0 Å². The molecule has 2 aromatic carbocycles. The number of aromatic nitrogens is 1. The fourth-order valence-corrected chi connectivity index (χ4v) is 5.29. The molecule has 1 aliphatic heterocycles. The number of hydrogen-bond donors (Lipinski definition) is 1. The first-order valence-electron chi connectivity index (χ1n) is 12.7. The van der Waals surface area contributed by atoms with Crippen molar-refractivity contribution in [1.29, 1.82) is 0 Å². The van der Waals surface area contributed by atoms with Crippen molar-refractivity contribution in [3.05, 3.63) is 88.7 Å². The molecule has 5 rings (SSSR count). The number of rotatable bonds is 5. The molecule has 7 heteroatoms. The van der Waals surface area contributed by atoms with Gasteiger partial charge in [-0.05, 0) is 60.2 Å². The molecule has 2 heterocycles. The first kappa shape index (κ1) is 23.9. The number of para-hydroxylation sites is 1. The van der Waals surface area contributed by atoms with Crippen LogP contribution in [0.2, 0.25) is 0 Å². The Balaban J connectivity index is 1.42. The number of hydrogen-bond acceptors (Lipinski definition) is 3. The van der Waals surface area contributed by atoms with Crippen LogP contribution >= 0.6 is 0 Å². The quantitative estimate of drug-likeness (QED) is 0.316. The van der Waals surface area contributed by atoms with Gasteiger partial charge in [-0.3, -0.25) is 9.59 Å². The minimum absolute atomic E-state index is 0.0334. The Morgan fingerprint density at radius 1 is 0.944 bits per heavy atom. The minimum Gasteiger partial charge on any atom is -0.367 e. The van der Waals surface area contributed by atoms with Crippen LogP contribution in [0.15, 0.2) is 65.8 Å². The maximum Gasteiger partial charge on any atom is 0.288 e. The van der Waals surface area contributed by atoms with E-state index < -0.39 is 0 Å². The van der Waals surface area contributed by atoms with Gasteiger partial charge in [0.1, 0.15) is 12.0 Å². The molecule has 0 saturated heterocycles. The number of carbonyl (C=O) groups excluding carboxylic acids is 2. The Labute approximate surface area is 212 Å². The number of nitrogens with one attached hydrogen (secondary N) is 1. The first-order valence-corrected chi connectivity index (χ1v) is 12.7. The van der Waals surface area contributed by atoms with Crippen molar-refractivity contribution in [3.63, 3.8) is 0 Å². The lowest BCUT2D eigenvalue weighted by molar-refractivity contribution is 0.0945. The second-order valence-electron chi connectivity index (χ2n) is 9.92. The van der Waals surface area contributed by atoms with Crippen LogP contribution in [0.5, 0.6) is 0 Å². The van der Waals surface area contributed by atoms with Gasteiger partial charge >= 0.3 is 0 Å². The fourth-order valence-electron chi connectivity index (χ4n) is 5.29. The SMILES string of the molecule is CN(C)C=NNC(=O)c1ccc2n1Cc1ccccc1N(C(=O)c1ccc(C3CCCCC3)cc1)C2. The monoisotopic (exact) mass is 483 g/mol. The van der Waals surface area contributed by atoms with E-state index in [1.165, 1.54) is 37.7 Å². The average Bonchev–Trinajstić information content (AvgIpc) is 3.22. The fraction of sp³-hybridized carbons (Fsp3) is 0.345. The maximum absolute atomic E-state index is 13.8. The summed E-state index contributed by atoms with van der Waals surface area (Å²) < 4.78 is 1.97. The van der Waals surface area contributed by atoms with Crippen molar-refractivity contribution in [3.8, 4) is 0 Å². The predicted octanol–water partition coefficient (Wildman–Crippen LogP) is 4.98. The van der Waals surface area contributed by atoms with Gasteiger partial charge in [-0.1, -0.05) is 49.6 Å². The minimum atomic E-state index is -0.282. The molecule has 0 radical (unpaired) electrons. The molecular weight excluding hydrogens is 450 g/mol. The molecule has 2 amide bonds. The number of amides is 2. The number of hydrazone groups is 1. The Bertz CT molecular complexity index is 1270. The van der Waals surface area contributed by atoms with Crippen molar-refractivity contribution in [1.82, 2.24) is 14.9 Å². The van der Waals surface area contributed by atoms with Crippen molar-refractivity contribution in [2.45, 2.75) is 51.1 Å². The molecule has 1 saturated carbocycles. The second-order valence-corrected chi connectivity index (χ2v) is 9.92. The molecule has 2 aliphatic rings. The third-order valence-corrected chi connectivity index (χ3v) is 7.17. The van der Waals surface area contributed by atoms with Crippen molar-refractivity contribution in [2.75, 3.05) is 19.0 Å². The lowest BCUT2D eigenvalue weighted by atomic mass is 9.84. The summed E-state index contributed by atoms with van der Waals surface area (Å²) in [4.78, 5) is 30.2. The van der Waals surface area contributed by atoms with Gasteiger partial charge in [0.15, 0.2) is 0 Å². The molecule has 186 valence electrons. The topological polar surface area (TPSA) is 69.9 Å². The number of benzene rings is 2. The first-order chi connectivity index (χ1) is 17.5. The average molecular weight is 484 g/mol. The zero-order valence-corrected chi connectivity index (χ0v) is 21.0. The van der Waals surface area contributed by atoms with Crippen molar-refractivity contribution >= 4 is 23.8 Å². The summed E-state index contributed by atoms with van der Waals surface area (Å²) in [7, 11) is 3.68. The van der Waals surface area contributed by atoms with Crippen LogP contribution in [0.25, 0.3) is 0 Å². The molecule has 0 spiro atoms. The highest BCUT2D eigenvalue weighted by Crippen LogP contribution is 2.34. The van der Waals surface area contributed by atoms with Crippen LogP contribution in [-0.4, -0.2) is 41.7 Å². The smallest absolute Gasteiger partial charge is 0.288 e. The molecule has 7 nitrogen and oxygen atoms in total. The van der Waals surface area contributed by atoms with Gasteiger partial charge in [-0.25, -0.2) is 5.43 Å². The number of anilines is 1. The summed E-state index contributed by atoms with van der Waals surface area (Å²) in [6, 6.07) is 19.8. The Kier molecular flexibility index (Phi) is 6.89. The van der Waals surface area contributed by atoms with E-state index in [4.69, 9.17) is 0 Å². The van der Waals surface area contributed by atoms with Gasteiger partial charge in [0.2, 0.25) is 0 Å². The van der Waals surface area contributed by atoms with Gasteiger partial charge < -0.3 is 14.4 Å². The maximum atomic E-state index is 13.8. The van der Waals surface area contributed by atoms with Crippen molar-refractivity contribution in [2.24, 2.45) is 5.10 Å². The normalized spacial score (nSPS) is 15.8. The summed E-state index contributed by atoms with van der Waals surface area (Å²) in [5.74, 6) is 0.292. The molecule has 1 aliphatic carbocycles. The Hall–Kier alpha value is -3.87. The Morgan fingerprint density at radius 3 is 2.44 bits per heavy atom. The van der Waals surface area contributed by atoms with Crippen molar-refractivity contribution < 1.29 is 9.59 Å². The number of fused-ring (bicyclic) bond motifs is 2. The second kappa shape index (κ2) is 10.4. The molecular formula is C29H33N5O2. The van der Waals surface area contributed by atoms with Crippen LogP contribution in [0, 0.1) is 0 Å². The summed E-state index contributed by atoms with van der Waals surface area (Å²) in [5, 5.41) is 3.99. The molecule has 0 bridgehead atoms. The molecule has 1 fully saturated rings. The zero-order valence-electron chi connectivity index (χ0n) is 21.0. The van der Waals surface area contributed by atoms with Crippen LogP contribution in [0.1, 0.15) is 75.7 Å². The lowest BCUT2D eigenvalue weighted by Gasteiger charge is -2.24. The zero-order chi connectivity index (χ0) is 25.1. The predicted molar refractivity (Wildman–Crippen MR) is 142 cm³/mol. The van der Waals surface area contributed by atoms with E-state index in [1.807, 2.05) is 66.0 Å². The third kappa shape index (κ3) is 4.91. The highest BCUT2D eigenvalue weighted by molar-refractivity contribution is 6.06. The van der Waals surface area contributed by atoms with E-state index in [-0.39, 0.29) is 11.8 Å². The van der Waals surface area contributed by atoms with Crippen LogP contribution in [0.3, 0.4) is 0 Å². The van der Waals surface area contributed by atoms with E-state index in [0.29, 0.717) is 30.3 Å². The van der Waals surface area contributed by atoms with E-state index in [1.54, 1.807) is 17.3 Å². The van der Waals surface area contributed by atoms with Gasteiger partial charge in [0, 0.05) is 31.0 Å². The van der Waals surface area contributed by atoms with E-state index in [9.17, 15) is 9.59 Å². The molecule has 1 aromatic heterocycles. The van der Waals surface area contributed by atoms with Gasteiger partial charge in [0.25, 0.3) is 11.8 Å². The van der Waals surface area contributed by atoms with Crippen LogP contribution < -0.4 is 10.3 Å². The van der Waals surface area contributed by atoms with E-state index in [2.05, 4.69) is 22.7 Å². The molecule has 0 unspecified atom stereocenters. The summed E-state index contributed by atoms with van der Waals surface area (Å²) in [5.41, 5.74) is 7.89. The van der Waals surface area contributed by atoms with Gasteiger partial charge in [0.05, 0.1) is 13.1 Å². The number of carbonyl (C=O) groups is 2. The van der Waals surface area contributed by atoms with Crippen LogP contribution in [-0.2, 0) is 13.1 Å². The summed E-state index contributed by atoms with van der Waals surface area (Å²) in [6.07, 6.45) is 7.92. The van der Waals surface area contributed by atoms with Gasteiger partial charge in [-0.15, -0.1) is 0 Å². The Morgan fingerprint density at radius 2 is 1.69 bits per heavy atom. The summed E-state index contributed by atoms with van der Waals surface area (Å²) in [6.45, 7) is 0.886. The standard InChI is InChI=1S/C29H33N5O2/c1-32(2)20-30-31-28(35)27-17-16-25-19-34(26-11-7-6-10-24(26)18-33(25)27)29(36)23-14-12-22(13-15-23)21-8-4-3-5-9-21/h6-7,10-17,20-21H,3-5,8-9,18-19H2,1-2H3,(H,31,35). The highest BCUT2D eigenvalue weighted by atomic mass is 16.2. The van der Waals surface area contributed by atoms with Crippen LogP contribution in [0.4, 0.5) is 5.69 Å².